The average Bonchev–Trinajstić information content (AvgIpc) is 2.98. The van der Waals surface area contributed by atoms with Gasteiger partial charge in [0.1, 0.15) is 24.0 Å². The quantitative estimate of drug-likeness (QED) is 0.684. The van der Waals surface area contributed by atoms with E-state index in [0.29, 0.717) is 32.0 Å². The van der Waals surface area contributed by atoms with Gasteiger partial charge in [-0.25, -0.2) is 13.9 Å². The largest absolute Gasteiger partial charge is 0.492 e. The molecule has 0 fully saturated rings. The molecule has 1 N–H and O–H groups in total. The van der Waals surface area contributed by atoms with Gasteiger partial charge in [0.05, 0.1) is 6.20 Å². The third kappa shape index (κ3) is 2.78. The van der Waals surface area contributed by atoms with Crippen LogP contribution >= 0.6 is 0 Å². The van der Waals surface area contributed by atoms with E-state index >= 15 is 0 Å². The highest BCUT2D eigenvalue weighted by atomic mass is 19.1. The summed E-state index contributed by atoms with van der Waals surface area (Å²) in [7, 11) is 1.93. The van der Waals surface area contributed by atoms with Gasteiger partial charge in [0.15, 0.2) is 5.65 Å². The van der Waals surface area contributed by atoms with Crippen molar-refractivity contribution in [3.05, 3.63) is 53.6 Å². The molecule has 2 bridgehead atoms. The van der Waals surface area contributed by atoms with E-state index in [0.717, 1.165) is 22.6 Å². The van der Waals surface area contributed by atoms with Crippen LogP contribution < -0.4 is 15.0 Å². The zero-order valence-electron chi connectivity index (χ0n) is 13.4. The summed E-state index contributed by atoms with van der Waals surface area (Å²) < 4.78 is 21.2. The Morgan fingerprint density at radius 2 is 2.17 bits per heavy atom. The molecule has 1 aliphatic rings. The number of anilines is 1. The number of halogens is 1. The summed E-state index contributed by atoms with van der Waals surface area (Å²) >= 11 is 0. The number of ether oxygens (including phenoxy) is 1. The molecule has 0 amide bonds. The Morgan fingerprint density at radius 3 is 3.08 bits per heavy atom. The zero-order valence-corrected chi connectivity index (χ0v) is 13.4. The number of fused-ring (bicyclic) bond motifs is 2. The maximum absolute atomic E-state index is 13.6. The summed E-state index contributed by atoms with van der Waals surface area (Å²) in [6.45, 7) is 2.37. The van der Waals surface area contributed by atoms with Gasteiger partial charge in [-0.15, -0.1) is 0 Å². The van der Waals surface area contributed by atoms with E-state index in [4.69, 9.17) is 9.72 Å². The second kappa shape index (κ2) is 6.09. The van der Waals surface area contributed by atoms with Gasteiger partial charge in [-0.1, -0.05) is 0 Å². The van der Waals surface area contributed by atoms with Crippen LogP contribution in [0.1, 0.15) is 11.1 Å². The molecule has 0 saturated carbocycles. The van der Waals surface area contributed by atoms with Gasteiger partial charge in [-0.3, -0.25) is 0 Å². The van der Waals surface area contributed by atoms with Crippen molar-refractivity contribution in [2.24, 2.45) is 0 Å². The van der Waals surface area contributed by atoms with Crippen LogP contribution in [0.5, 0.6) is 5.75 Å². The first-order chi connectivity index (χ1) is 11.7. The second-order valence-electron chi connectivity index (χ2n) is 5.86. The highest BCUT2D eigenvalue weighted by Gasteiger charge is 2.13. The molecule has 7 heteroatoms. The first-order valence-corrected chi connectivity index (χ1v) is 7.87. The van der Waals surface area contributed by atoms with Crippen LogP contribution in [0.15, 0.2) is 36.7 Å². The maximum Gasteiger partial charge on any atom is 0.161 e. The number of hydrogen-bond donors (Lipinski definition) is 1. The second-order valence-corrected chi connectivity index (χ2v) is 5.86. The Kier molecular flexibility index (Phi) is 3.78. The third-order valence-electron chi connectivity index (χ3n) is 4.10. The molecule has 0 unspecified atom stereocenters. The summed E-state index contributed by atoms with van der Waals surface area (Å²) in [5, 5.41) is 7.65. The summed E-state index contributed by atoms with van der Waals surface area (Å²) in [4.78, 5) is 6.68. The fourth-order valence-electron chi connectivity index (χ4n) is 2.85. The number of nitrogens with one attached hydrogen (secondary N) is 1. The SMILES string of the molecule is CN1Cc2cc(F)ccc2OCCNCc2cnn3ccc1nc23. The first kappa shape index (κ1) is 14.9. The Hall–Kier alpha value is -2.67. The Bertz CT molecular complexity index is 879. The lowest BCUT2D eigenvalue weighted by Crippen LogP contribution is -2.21. The van der Waals surface area contributed by atoms with Crippen molar-refractivity contribution in [2.45, 2.75) is 13.1 Å². The number of rotatable bonds is 0. The number of aromatic nitrogens is 3. The van der Waals surface area contributed by atoms with Crippen LogP contribution in [-0.2, 0) is 13.1 Å². The lowest BCUT2D eigenvalue weighted by atomic mass is 10.2. The van der Waals surface area contributed by atoms with Gasteiger partial charge in [-0.2, -0.15) is 5.10 Å². The molecule has 3 aromatic rings. The predicted octanol–water partition coefficient (Wildman–Crippen LogP) is 1.99. The minimum absolute atomic E-state index is 0.269. The molecule has 6 nitrogen and oxygen atoms in total. The van der Waals surface area contributed by atoms with Crippen molar-refractivity contribution >= 4 is 11.5 Å². The van der Waals surface area contributed by atoms with Crippen LogP contribution in [0.4, 0.5) is 10.2 Å². The summed E-state index contributed by atoms with van der Waals surface area (Å²) in [5.41, 5.74) is 2.66. The van der Waals surface area contributed by atoms with Crippen molar-refractivity contribution in [3.63, 3.8) is 0 Å². The average molecular weight is 327 g/mol. The van der Waals surface area contributed by atoms with Crippen LogP contribution in [0.25, 0.3) is 5.65 Å². The van der Waals surface area contributed by atoms with Crippen molar-refractivity contribution in [1.82, 2.24) is 19.9 Å². The summed E-state index contributed by atoms with van der Waals surface area (Å²) in [6.07, 6.45) is 3.71. The van der Waals surface area contributed by atoms with Crippen molar-refractivity contribution < 1.29 is 9.13 Å². The first-order valence-electron chi connectivity index (χ1n) is 7.87. The zero-order chi connectivity index (χ0) is 16.5. The van der Waals surface area contributed by atoms with Gasteiger partial charge in [0.2, 0.25) is 0 Å². The van der Waals surface area contributed by atoms with Gasteiger partial charge in [-0.05, 0) is 24.3 Å². The molecule has 3 heterocycles. The van der Waals surface area contributed by atoms with Crippen molar-refractivity contribution in [3.8, 4) is 5.75 Å². The van der Waals surface area contributed by atoms with Crippen LogP contribution in [0.3, 0.4) is 0 Å². The summed E-state index contributed by atoms with van der Waals surface area (Å²) in [6, 6.07) is 6.52. The molecule has 0 aliphatic carbocycles. The topological polar surface area (TPSA) is 54.7 Å². The van der Waals surface area contributed by atoms with E-state index in [9.17, 15) is 4.39 Å². The molecule has 1 aliphatic heterocycles. The van der Waals surface area contributed by atoms with Gasteiger partial charge in [0, 0.05) is 44.0 Å². The molecule has 1 aromatic carbocycles. The summed E-state index contributed by atoms with van der Waals surface area (Å²) in [5.74, 6) is 1.24. The molecule has 0 spiro atoms. The lowest BCUT2D eigenvalue weighted by molar-refractivity contribution is 0.310. The van der Waals surface area contributed by atoms with E-state index in [1.165, 1.54) is 12.1 Å². The normalized spacial score (nSPS) is 15.3. The molecule has 2 aromatic heterocycles. The fraction of sp³-hybridized carbons (Fsp3) is 0.294. The van der Waals surface area contributed by atoms with E-state index < -0.39 is 0 Å². The van der Waals surface area contributed by atoms with Crippen molar-refractivity contribution in [1.29, 1.82) is 0 Å². The van der Waals surface area contributed by atoms with Crippen LogP contribution in [0, 0.1) is 5.82 Å². The Labute approximate surface area is 138 Å². The van der Waals surface area contributed by atoms with Gasteiger partial charge in [0.25, 0.3) is 0 Å². The third-order valence-corrected chi connectivity index (χ3v) is 4.10. The van der Waals surface area contributed by atoms with Crippen LogP contribution in [-0.4, -0.2) is 34.8 Å². The highest BCUT2D eigenvalue weighted by Crippen LogP contribution is 2.24. The standard InChI is InChI=1S/C17H18FN5O/c1-22-11-12-8-14(18)2-3-15(12)24-7-5-19-9-13-10-20-23-6-4-16(22)21-17(13)23/h2-4,6,8,10,19H,5,7,9,11H2,1H3. The lowest BCUT2D eigenvalue weighted by Gasteiger charge is -2.20. The molecular weight excluding hydrogens is 309 g/mol. The van der Waals surface area contributed by atoms with E-state index in [2.05, 4.69) is 10.4 Å². The maximum atomic E-state index is 13.6. The van der Waals surface area contributed by atoms with Gasteiger partial charge >= 0.3 is 0 Å². The molecule has 24 heavy (non-hydrogen) atoms. The monoisotopic (exact) mass is 327 g/mol. The molecule has 0 radical (unpaired) electrons. The minimum Gasteiger partial charge on any atom is -0.492 e. The predicted molar refractivity (Wildman–Crippen MR) is 88.7 cm³/mol. The number of benzene rings is 1. The molecule has 0 saturated heterocycles. The fourth-order valence-corrected chi connectivity index (χ4v) is 2.85. The molecule has 124 valence electrons. The highest BCUT2D eigenvalue weighted by molar-refractivity contribution is 5.53. The molecule has 0 atom stereocenters. The Morgan fingerprint density at radius 1 is 1.25 bits per heavy atom. The van der Waals surface area contributed by atoms with Crippen molar-refractivity contribution in [2.75, 3.05) is 25.1 Å². The number of hydrogen-bond acceptors (Lipinski definition) is 5. The minimum atomic E-state index is -0.269. The van der Waals surface area contributed by atoms with E-state index in [-0.39, 0.29) is 5.82 Å². The number of nitrogens with zero attached hydrogens (tertiary/aromatic N) is 4. The molecule has 4 rings (SSSR count). The molecular formula is C17H18FN5O. The van der Waals surface area contributed by atoms with Crippen LogP contribution in [0.2, 0.25) is 0 Å². The van der Waals surface area contributed by atoms with Gasteiger partial charge < -0.3 is 15.0 Å². The smallest absolute Gasteiger partial charge is 0.161 e. The Balaban J connectivity index is 1.76. The van der Waals surface area contributed by atoms with E-state index in [1.807, 2.05) is 30.4 Å². The van der Waals surface area contributed by atoms with E-state index in [1.54, 1.807) is 10.6 Å².